The SMILES string of the molecule is CN(Cc1ccccc1)c1ccccc1N(C)Cc1ccccc1. The monoisotopic (exact) mass is 316 g/mol. The number of hydrogen-bond donors (Lipinski definition) is 0. The predicted octanol–water partition coefficient (Wildman–Crippen LogP) is 4.96. The van der Waals surface area contributed by atoms with Crippen molar-refractivity contribution < 1.29 is 0 Å². The smallest absolute Gasteiger partial charge is 0.0604 e. The molecule has 0 atom stereocenters. The summed E-state index contributed by atoms with van der Waals surface area (Å²) in [5, 5.41) is 0. The van der Waals surface area contributed by atoms with Crippen molar-refractivity contribution in [1.82, 2.24) is 0 Å². The average Bonchev–Trinajstić information content (AvgIpc) is 2.63. The maximum Gasteiger partial charge on any atom is 0.0604 e. The molecule has 0 aliphatic heterocycles. The number of para-hydroxylation sites is 2. The molecule has 0 aromatic heterocycles. The van der Waals surface area contributed by atoms with E-state index in [4.69, 9.17) is 0 Å². The minimum Gasteiger partial charge on any atom is -0.369 e. The second-order valence-electron chi connectivity index (χ2n) is 6.17. The molecule has 2 nitrogen and oxygen atoms in total. The van der Waals surface area contributed by atoms with E-state index in [-0.39, 0.29) is 0 Å². The van der Waals surface area contributed by atoms with E-state index in [1.165, 1.54) is 22.5 Å². The third-order valence-corrected chi connectivity index (χ3v) is 4.23. The molecule has 0 N–H and O–H groups in total. The van der Waals surface area contributed by atoms with Gasteiger partial charge in [0.15, 0.2) is 0 Å². The third kappa shape index (κ3) is 3.96. The lowest BCUT2D eigenvalue weighted by molar-refractivity contribution is 0.887. The molecule has 0 saturated heterocycles. The summed E-state index contributed by atoms with van der Waals surface area (Å²) in [6.07, 6.45) is 0. The van der Waals surface area contributed by atoms with E-state index in [2.05, 4.69) is 109 Å². The molecular weight excluding hydrogens is 292 g/mol. The first-order valence-corrected chi connectivity index (χ1v) is 8.33. The molecule has 3 rings (SSSR count). The Kier molecular flexibility index (Phi) is 5.17. The highest BCUT2D eigenvalue weighted by Crippen LogP contribution is 2.29. The first kappa shape index (κ1) is 16.1. The van der Waals surface area contributed by atoms with Gasteiger partial charge in [-0.2, -0.15) is 0 Å². The van der Waals surface area contributed by atoms with Gasteiger partial charge in [0.2, 0.25) is 0 Å². The van der Waals surface area contributed by atoms with E-state index in [1.54, 1.807) is 0 Å². The lowest BCUT2D eigenvalue weighted by atomic mass is 10.1. The largest absolute Gasteiger partial charge is 0.369 e. The molecule has 0 aliphatic rings. The Morgan fingerprint density at radius 1 is 0.500 bits per heavy atom. The van der Waals surface area contributed by atoms with Crippen molar-refractivity contribution in [3.05, 3.63) is 96.1 Å². The van der Waals surface area contributed by atoms with Crippen molar-refractivity contribution in [1.29, 1.82) is 0 Å². The molecule has 0 fully saturated rings. The Balaban J connectivity index is 1.79. The topological polar surface area (TPSA) is 6.48 Å². The fourth-order valence-electron chi connectivity index (χ4n) is 2.99. The summed E-state index contributed by atoms with van der Waals surface area (Å²) in [6.45, 7) is 1.80. The van der Waals surface area contributed by atoms with Crippen LogP contribution in [0, 0.1) is 0 Å². The van der Waals surface area contributed by atoms with E-state index in [9.17, 15) is 0 Å². The second-order valence-corrected chi connectivity index (χ2v) is 6.17. The van der Waals surface area contributed by atoms with E-state index < -0.39 is 0 Å². The van der Waals surface area contributed by atoms with Gasteiger partial charge in [-0.15, -0.1) is 0 Å². The summed E-state index contributed by atoms with van der Waals surface area (Å²) in [6, 6.07) is 29.8. The summed E-state index contributed by atoms with van der Waals surface area (Å²) in [4.78, 5) is 4.62. The quantitative estimate of drug-likeness (QED) is 0.634. The van der Waals surface area contributed by atoms with Crippen LogP contribution < -0.4 is 9.80 Å². The Labute approximate surface area is 145 Å². The minimum atomic E-state index is 0.900. The summed E-state index contributed by atoms with van der Waals surface area (Å²) >= 11 is 0. The van der Waals surface area contributed by atoms with E-state index in [0.717, 1.165) is 13.1 Å². The zero-order valence-electron chi connectivity index (χ0n) is 14.4. The molecular formula is C22H24N2. The van der Waals surface area contributed by atoms with Gasteiger partial charge in [0.1, 0.15) is 0 Å². The highest BCUT2D eigenvalue weighted by molar-refractivity contribution is 5.70. The molecule has 0 saturated carbocycles. The molecule has 122 valence electrons. The van der Waals surface area contributed by atoms with Gasteiger partial charge in [-0.1, -0.05) is 72.8 Å². The minimum absolute atomic E-state index is 0.900. The fourth-order valence-corrected chi connectivity index (χ4v) is 2.99. The van der Waals surface area contributed by atoms with Crippen LogP contribution in [0.15, 0.2) is 84.9 Å². The van der Waals surface area contributed by atoms with E-state index >= 15 is 0 Å². The lowest BCUT2D eigenvalue weighted by Crippen LogP contribution is -2.22. The Morgan fingerprint density at radius 3 is 1.21 bits per heavy atom. The number of benzene rings is 3. The average molecular weight is 316 g/mol. The highest BCUT2D eigenvalue weighted by atomic mass is 15.2. The molecule has 0 heterocycles. The van der Waals surface area contributed by atoms with Gasteiger partial charge in [-0.05, 0) is 23.3 Å². The summed E-state index contributed by atoms with van der Waals surface area (Å²) in [5.74, 6) is 0. The van der Waals surface area contributed by atoms with Gasteiger partial charge in [-0.25, -0.2) is 0 Å². The molecule has 0 aliphatic carbocycles. The predicted molar refractivity (Wildman–Crippen MR) is 104 cm³/mol. The summed E-state index contributed by atoms with van der Waals surface area (Å²) < 4.78 is 0. The van der Waals surface area contributed by atoms with E-state index in [0.29, 0.717) is 0 Å². The van der Waals surface area contributed by atoms with Gasteiger partial charge < -0.3 is 9.80 Å². The van der Waals surface area contributed by atoms with Gasteiger partial charge in [0.25, 0.3) is 0 Å². The molecule has 0 spiro atoms. The molecule has 3 aromatic carbocycles. The van der Waals surface area contributed by atoms with Crippen LogP contribution in [0.2, 0.25) is 0 Å². The number of nitrogens with zero attached hydrogens (tertiary/aromatic N) is 2. The van der Waals surface area contributed by atoms with Crippen molar-refractivity contribution in [3.63, 3.8) is 0 Å². The molecule has 24 heavy (non-hydrogen) atoms. The third-order valence-electron chi connectivity index (χ3n) is 4.23. The summed E-state index contributed by atoms with van der Waals surface area (Å²) in [5.41, 5.74) is 5.14. The Hall–Kier alpha value is -2.74. The van der Waals surface area contributed by atoms with Crippen LogP contribution in [-0.4, -0.2) is 14.1 Å². The van der Waals surface area contributed by atoms with Crippen LogP contribution in [0.5, 0.6) is 0 Å². The van der Waals surface area contributed by atoms with Crippen molar-refractivity contribution in [2.24, 2.45) is 0 Å². The second kappa shape index (κ2) is 7.69. The molecule has 0 radical (unpaired) electrons. The zero-order chi connectivity index (χ0) is 16.8. The van der Waals surface area contributed by atoms with Gasteiger partial charge in [0.05, 0.1) is 11.4 Å². The van der Waals surface area contributed by atoms with Crippen molar-refractivity contribution in [3.8, 4) is 0 Å². The van der Waals surface area contributed by atoms with Crippen LogP contribution in [-0.2, 0) is 13.1 Å². The molecule has 0 bridgehead atoms. The Bertz CT molecular complexity index is 687. The van der Waals surface area contributed by atoms with Gasteiger partial charge in [0, 0.05) is 27.2 Å². The van der Waals surface area contributed by atoms with Crippen LogP contribution in [0.4, 0.5) is 11.4 Å². The van der Waals surface area contributed by atoms with Crippen molar-refractivity contribution in [2.75, 3.05) is 23.9 Å². The van der Waals surface area contributed by atoms with Crippen LogP contribution in [0.1, 0.15) is 11.1 Å². The normalized spacial score (nSPS) is 10.4. The molecule has 0 unspecified atom stereocenters. The van der Waals surface area contributed by atoms with Gasteiger partial charge in [-0.3, -0.25) is 0 Å². The number of anilines is 2. The van der Waals surface area contributed by atoms with Crippen molar-refractivity contribution >= 4 is 11.4 Å². The van der Waals surface area contributed by atoms with Crippen LogP contribution >= 0.6 is 0 Å². The highest BCUT2D eigenvalue weighted by Gasteiger charge is 2.11. The van der Waals surface area contributed by atoms with Gasteiger partial charge >= 0.3 is 0 Å². The Morgan fingerprint density at radius 2 is 0.833 bits per heavy atom. The van der Waals surface area contributed by atoms with Crippen LogP contribution in [0.3, 0.4) is 0 Å². The first-order valence-electron chi connectivity index (χ1n) is 8.33. The van der Waals surface area contributed by atoms with Crippen LogP contribution in [0.25, 0.3) is 0 Å². The molecule has 2 heteroatoms. The summed E-state index contributed by atoms with van der Waals surface area (Å²) in [7, 11) is 4.31. The fraction of sp³-hybridized carbons (Fsp3) is 0.182. The molecule has 3 aromatic rings. The maximum atomic E-state index is 2.31. The first-order chi connectivity index (χ1) is 11.7. The standard InChI is InChI=1S/C22H24N2/c1-23(17-19-11-5-3-6-12-19)21-15-9-10-16-22(21)24(2)18-20-13-7-4-8-14-20/h3-16H,17-18H2,1-2H3. The maximum absolute atomic E-state index is 2.31. The zero-order valence-corrected chi connectivity index (χ0v) is 14.4. The number of hydrogen-bond acceptors (Lipinski definition) is 2. The van der Waals surface area contributed by atoms with E-state index in [1.807, 2.05) is 0 Å². The lowest BCUT2D eigenvalue weighted by Gasteiger charge is -2.28. The van der Waals surface area contributed by atoms with Crippen molar-refractivity contribution in [2.45, 2.75) is 13.1 Å². The number of rotatable bonds is 6. The molecule has 0 amide bonds.